The van der Waals surface area contributed by atoms with E-state index in [2.05, 4.69) is 0 Å². The molecule has 0 amide bonds. The Hall–Kier alpha value is -2.82. The molecule has 3 aromatic rings. The Balaban J connectivity index is 1.90. The van der Waals surface area contributed by atoms with Crippen LogP contribution in [0.25, 0.3) is 21.7 Å². The molecule has 0 aliphatic heterocycles. The van der Waals surface area contributed by atoms with Gasteiger partial charge in [0, 0.05) is 11.5 Å². The van der Waals surface area contributed by atoms with Crippen LogP contribution in [-0.2, 0) is 9.53 Å². The molecule has 0 bridgehead atoms. The first-order valence-corrected chi connectivity index (χ1v) is 8.32. The van der Waals surface area contributed by atoms with E-state index in [1.54, 1.807) is 31.2 Å². The largest absolute Gasteiger partial charge is 0.479 e. The Morgan fingerprint density at radius 2 is 1.80 bits per heavy atom. The third kappa shape index (κ3) is 3.50. The highest BCUT2D eigenvalue weighted by Crippen LogP contribution is 2.26. The second-order valence-electron chi connectivity index (χ2n) is 6.01. The zero-order chi connectivity index (χ0) is 18.0. The first kappa shape index (κ1) is 17.0. The summed E-state index contributed by atoms with van der Waals surface area (Å²) in [5.74, 6) is 0.0222. The number of rotatable bonds is 5. The summed E-state index contributed by atoms with van der Waals surface area (Å²) in [6.45, 7) is 5.41. The van der Waals surface area contributed by atoms with Gasteiger partial charge in [-0.3, -0.25) is 0 Å². The summed E-state index contributed by atoms with van der Waals surface area (Å²) in [4.78, 5) is 24.1. The van der Waals surface area contributed by atoms with Crippen LogP contribution >= 0.6 is 0 Å². The van der Waals surface area contributed by atoms with E-state index in [0.717, 1.165) is 17.2 Å². The molecule has 5 nitrogen and oxygen atoms in total. The Labute approximate surface area is 145 Å². The van der Waals surface area contributed by atoms with Gasteiger partial charge in [-0.25, -0.2) is 9.59 Å². The van der Waals surface area contributed by atoms with Crippen LogP contribution in [-0.4, -0.2) is 18.2 Å². The van der Waals surface area contributed by atoms with Crippen LogP contribution in [0.2, 0.25) is 0 Å². The number of hydrogen-bond donors (Lipinski definition) is 0. The van der Waals surface area contributed by atoms with Crippen molar-refractivity contribution < 1.29 is 18.7 Å². The smallest absolute Gasteiger partial charge is 0.347 e. The lowest BCUT2D eigenvalue weighted by molar-refractivity contribution is -0.155. The van der Waals surface area contributed by atoms with Gasteiger partial charge in [0.25, 0.3) is 0 Å². The lowest BCUT2D eigenvalue weighted by atomic mass is 10.1. The second-order valence-corrected chi connectivity index (χ2v) is 6.01. The molecule has 0 N–H and O–H groups in total. The molecule has 1 aromatic heterocycles. The number of hydrogen-bond acceptors (Lipinski definition) is 5. The van der Waals surface area contributed by atoms with Crippen molar-refractivity contribution in [1.82, 2.24) is 0 Å². The van der Waals surface area contributed by atoms with E-state index in [0.29, 0.717) is 16.7 Å². The van der Waals surface area contributed by atoms with Gasteiger partial charge in [-0.05, 0) is 43.9 Å². The average molecular weight is 340 g/mol. The number of fused-ring (bicyclic) bond motifs is 3. The maximum atomic E-state index is 12.1. The standard InChI is InChI=1S/C20H20O5/c1-4-12(2)23-19(21)13(3)24-14-9-10-16-15-7-5-6-8-17(15)20(22)25-18(16)11-14/h5-13H,4H2,1-3H3/t12-,13+/m0/s1. The molecule has 0 aliphatic rings. The third-order valence-corrected chi connectivity index (χ3v) is 4.13. The molecule has 130 valence electrons. The van der Waals surface area contributed by atoms with Crippen molar-refractivity contribution in [2.75, 3.05) is 0 Å². The molecule has 3 rings (SSSR count). The monoisotopic (exact) mass is 340 g/mol. The van der Waals surface area contributed by atoms with Crippen LogP contribution in [0.1, 0.15) is 27.2 Å². The van der Waals surface area contributed by atoms with E-state index < -0.39 is 17.7 Å². The van der Waals surface area contributed by atoms with Crippen LogP contribution in [0.15, 0.2) is 51.7 Å². The number of ether oxygens (including phenoxy) is 2. The van der Waals surface area contributed by atoms with Crippen LogP contribution < -0.4 is 10.4 Å². The predicted octanol–water partition coefficient (Wildman–Crippen LogP) is 4.06. The highest BCUT2D eigenvalue weighted by molar-refractivity contribution is 6.04. The van der Waals surface area contributed by atoms with Crippen LogP contribution in [0, 0.1) is 0 Å². The highest BCUT2D eigenvalue weighted by Gasteiger charge is 2.19. The fraction of sp³-hybridized carbons (Fsp3) is 0.300. The molecule has 25 heavy (non-hydrogen) atoms. The van der Waals surface area contributed by atoms with E-state index in [1.165, 1.54) is 0 Å². The van der Waals surface area contributed by atoms with Crippen molar-refractivity contribution in [2.45, 2.75) is 39.4 Å². The molecule has 2 aromatic carbocycles. The Bertz CT molecular complexity index is 973. The molecule has 0 radical (unpaired) electrons. The topological polar surface area (TPSA) is 65.7 Å². The van der Waals surface area contributed by atoms with E-state index in [4.69, 9.17) is 13.9 Å². The van der Waals surface area contributed by atoms with Gasteiger partial charge in [0.05, 0.1) is 11.5 Å². The van der Waals surface area contributed by atoms with Gasteiger partial charge in [0.2, 0.25) is 0 Å². The summed E-state index contributed by atoms with van der Waals surface area (Å²) in [7, 11) is 0. The van der Waals surface area contributed by atoms with Crippen LogP contribution in [0.5, 0.6) is 5.75 Å². The summed E-state index contributed by atoms with van der Waals surface area (Å²) >= 11 is 0. The van der Waals surface area contributed by atoms with Gasteiger partial charge in [0.1, 0.15) is 11.3 Å². The normalized spacial score (nSPS) is 13.6. The zero-order valence-corrected chi connectivity index (χ0v) is 14.4. The summed E-state index contributed by atoms with van der Waals surface area (Å²) < 4.78 is 16.3. The Morgan fingerprint density at radius 1 is 1.08 bits per heavy atom. The molecular weight excluding hydrogens is 320 g/mol. The highest BCUT2D eigenvalue weighted by atomic mass is 16.6. The second kappa shape index (κ2) is 6.97. The number of esters is 1. The SMILES string of the molecule is CC[C@H](C)OC(=O)[C@@H](C)Oc1ccc2c(c1)oc(=O)c1ccccc12. The van der Waals surface area contributed by atoms with E-state index >= 15 is 0 Å². The molecule has 0 aliphatic carbocycles. The van der Waals surface area contributed by atoms with Crippen LogP contribution in [0.3, 0.4) is 0 Å². The first-order chi connectivity index (χ1) is 12.0. The van der Waals surface area contributed by atoms with Crippen molar-refractivity contribution in [3.63, 3.8) is 0 Å². The van der Waals surface area contributed by atoms with Crippen molar-refractivity contribution in [3.05, 3.63) is 52.9 Å². The van der Waals surface area contributed by atoms with Gasteiger partial charge in [0.15, 0.2) is 6.10 Å². The fourth-order valence-electron chi connectivity index (χ4n) is 2.56. The molecule has 1 heterocycles. The Kier molecular flexibility index (Phi) is 4.74. The van der Waals surface area contributed by atoms with Crippen molar-refractivity contribution >= 4 is 27.7 Å². The van der Waals surface area contributed by atoms with Gasteiger partial charge >= 0.3 is 11.6 Å². The number of carbonyl (C=O) groups is 1. The van der Waals surface area contributed by atoms with E-state index in [1.807, 2.05) is 32.0 Å². The molecular formula is C20H20O5. The minimum absolute atomic E-state index is 0.153. The molecule has 0 unspecified atom stereocenters. The van der Waals surface area contributed by atoms with Crippen molar-refractivity contribution in [1.29, 1.82) is 0 Å². The number of carbonyl (C=O) groups excluding carboxylic acids is 1. The van der Waals surface area contributed by atoms with Gasteiger partial charge < -0.3 is 13.9 Å². The molecule has 0 fully saturated rings. The van der Waals surface area contributed by atoms with Crippen molar-refractivity contribution in [3.8, 4) is 5.75 Å². The van der Waals surface area contributed by atoms with Gasteiger partial charge in [-0.1, -0.05) is 25.1 Å². The third-order valence-electron chi connectivity index (χ3n) is 4.13. The molecule has 0 spiro atoms. The fourth-order valence-corrected chi connectivity index (χ4v) is 2.56. The lowest BCUT2D eigenvalue weighted by Gasteiger charge is -2.17. The van der Waals surface area contributed by atoms with Gasteiger partial charge in [-0.2, -0.15) is 0 Å². The van der Waals surface area contributed by atoms with E-state index in [-0.39, 0.29) is 6.10 Å². The molecule has 2 atom stereocenters. The quantitative estimate of drug-likeness (QED) is 0.398. The molecule has 0 saturated carbocycles. The molecule has 5 heteroatoms. The Morgan fingerprint density at radius 3 is 2.52 bits per heavy atom. The average Bonchev–Trinajstić information content (AvgIpc) is 2.61. The minimum atomic E-state index is -0.751. The maximum Gasteiger partial charge on any atom is 0.347 e. The van der Waals surface area contributed by atoms with E-state index in [9.17, 15) is 9.59 Å². The minimum Gasteiger partial charge on any atom is -0.479 e. The summed E-state index contributed by atoms with van der Waals surface area (Å²) in [5.41, 5.74) is 0.0215. The first-order valence-electron chi connectivity index (χ1n) is 8.32. The summed E-state index contributed by atoms with van der Waals surface area (Å²) in [6, 6.07) is 12.5. The van der Waals surface area contributed by atoms with Crippen molar-refractivity contribution in [2.24, 2.45) is 0 Å². The lowest BCUT2D eigenvalue weighted by Crippen LogP contribution is -2.29. The summed E-state index contributed by atoms with van der Waals surface area (Å²) in [5, 5.41) is 2.18. The number of benzene rings is 2. The van der Waals surface area contributed by atoms with Gasteiger partial charge in [-0.15, -0.1) is 0 Å². The predicted molar refractivity (Wildman–Crippen MR) is 95.9 cm³/mol. The maximum absolute atomic E-state index is 12.1. The zero-order valence-electron chi connectivity index (χ0n) is 14.4. The summed E-state index contributed by atoms with van der Waals surface area (Å²) in [6.07, 6.45) is -0.162. The van der Waals surface area contributed by atoms with Crippen LogP contribution in [0.4, 0.5) is 0 Å². The molecule has 0 saturated heterocycles.